The summed E-state index contributed by atoms with van der Waals surface area (Å²) in [5, 5.41) is 15.3. The van der Waals surface area contributed by atoms with Gasteiger partial charge in [-0.05, 0) is 61.5 Å². The van der Waals surface area contributed by atoms with E-state index in [2.05, 4.69) is 51.4 Å². The molecule has 2 unspecified atom stereocenters. The molecule has 9 nitrogen and oxygen atoms in total. The van der Waals surface area contributed by atoms with Crippen LogP contribution in [0.25, 0.3) is 5.70 Å². The average molecular weight is 490 g/mol. The molecule has 0 saturated heterocycles. The van der Waals surface area contributed by atoms with Crippen LogP contribution in [0, 0.1) is 5.92 Å². The van der Waals surface area contributed by atoms with Gasteiger partial charge in [0.15, 0.2) is 5.82 Å². The number of carbonyl (C=O) groups is 2. The molecular formula is C27H35N7O2. The number of dihydropyridines is 1. The van der Waals surface area contributed by atoms with Crippen molar-refractivity contribution in [2.75, 3.05) is 27.2 Å². The molecule has 5 rings (SSSR count). The van der Waals surface area contributed by atoms with Crippen LogP contribution in [0.1, 0.15) is 50.8 Å². The van der Waals surface area contributed by atoms with E-state index in [1.54, 1.807) is 19.0 Å². The lowest BCUT2D eigenvalue weighted by Crippen LogP contribution is -2.46. The Morgan fingerprint density at radius 2 is 2.00 bits per heavy atom. The smallest absolute Gasteiger partial charge is 0.319 e. The monoisotopic (exact) mass is 489 g/mol. The van der Waals surface area contributed by atoms with Gasteiger partial charge in [0, 0.05) is 45.2 Å². The molecule has 3 aliphatic heterocycles. The lowest BCUT2D eigenvalue weighted by molar-refractivity contribution is -0.118. The highest BCUT2D eigenvalue weighted by atomic mass is 16.2. The van der Waals surface area contributed by atoms with Crippen molar-refractivity contribution in [2.24, 2.45) is 5.92 Å². The number of nitrogens with one attached hydrogen (secondary N) is 2. The molecule has 9 heteroatoms. The van der Waals surface area contributed by atoms with Crippen LogP contribution < -0.4 is 10.6 Å². The van der Waals surface area contributed by atoms with Crippen LogP contribution >= 0.6 is 0 Å². The average Bonchev–Trinajstić information content (AvgIpc) is 3.44. The van der Waals surface area contributed by atoms with Crippen LogP contribution in [0.15, 0.2) is 53.2 Å². The van der Waals surface area contributed by atoms with Crippen molar-refractivity contribution in [3.8, 4) is 0 Å². The number of rotatable bonds is 3. The van der Waals surface area contributed by atoms with Crippen molar-refractivity contribution >= 4 is 17.6 Å². The minimum Gasteiger partial charge on any atom is -0.359 e. The Hall–Kier alpha value is -3.62. The molecule has 2 N–H and O–H groups in total. The fourth-order valence-electron chi connectivity index (χ4n) is 5.32. The Morgan fingerprint density at radius 1 is 1.17 bits per heavy atom. The summed E-state index contributed by atoms with van der Waals surface area (Å²) in [6, 6.07) is 0.350. The van der Waals surface area contributed by atoms with Crippen molar-refractivity contribution in [3.05, 3.63) is 64.8 Å². The molecule has 3 amide bonds. The number of hydrogen-bond donors (Lipinski definition) is 2. The first kappa shape index (κ1) is 24.1. The van der Waals surface area contributed by atoms with E-state index in [9.17, 15) is 9.59 Å². The number of aromatic nitrogens is 3. The molecule has 1 aromatic heterocycles. The Kier molecular flexibility index (Phi) is 6.55. The standard InChI is InChI=1S/C27H35N7O2/c1-17-7-5-8-19-13-14-33(27(36)32(3)4)16-20(19)15-21(17)26(35)29-23-10-6-9-22(28-23)25-31-30-24-12-11-18(2)34(24)25/h5-6,8-10,15,17-18,23,28H,7,11-14,16H2,1-4H3,(H,29,35)/b8-5-,21-15+/t17?,18-,23?/m1/s1. The second-order valence-corrected chi connectivity index (χ2v) is 10.3. The number of allylic oxidation sites excluding steroid dienone is 4. The normalized spacial score (nSPS) is 27.6. The SMILES string of the molecule is CC1C/C=C\C2=C(/C=C\1C(=O)NC1C=CC=C(c3nnc4n3[C@H](C)CC4)N1)CN(C(=O)N(C)C)CC2. The summed E-state index contributed by atoms with van der Waals surface area (Å²) in [4.78, 5) is 29.5. The second-order valence-electron chi connectivity index (χ2n) is 10.3. The molecule has 1 aromatic rings. The summed E-state index contributed by atoms with van der Waals surface area (Å²) in [6.45, 7) is 5.44. The van der Waals surface area contributed by atoms with E-state index in [1.807, 2.05) is 29.2 Å². The maximum Gasteiger partial charge on any atom is 0.319 e. The summed E-state index contributed by atoms with van der Waals surface area (Å²) < 4.78 is 2.18. The molecule has 1 aliphatic carbocycles. The second kappa shape index (κ2) is 9.79. The van der Waals surface area contributed by atoms with Gasteiger partial charge >= 0.3 is 6.03 Å². The van der Waals surface area contributed by atoms with Gasteiger partial charge in [0.1, 0.15) is 12.0 Å². The number of nitrogens with zero attached hydrogens (tertiary/aromatic N) is 5. The first-order chi connectivity index (χ1) is 17.3. The topological polar surface area (TPSA) is 95.4 Å². The molecule has 0 aromatic carbocycles. The molecule has 4 aliphatic rings. The van der Waals surface area contributed by atoms with Crippen molar-refractivity contribution in [1.82, 2.24) is 35.2 Å². The predicted octanol–water partition coefficient (Wildman–Crippen LogP) is 2.93. The van der Waals surface area contributed by atoms with Crippen molar-refractivity contribution in [1.29, 1.82) is 0 Å². The van der Waals surface area contributed by atoms with E-state index < -0.39 is 0 Å². The number of aryl methyl sites for hydroxylation is 1. The number of carbonyl (C=O) groups excluding carboxylic acids is 2. The first-order valence-electron chi connectivity index (χ1n) is 12.8. The molecule has 0 spiro atoms. The van der Waals surface area contributed by atoms with Crippen LogP contribution in [-0.2, 0) is 11.2 Å². The van der Waals surface area contributed by atoms with Gasteiger partial charge in [-0.1, -0.05) is 25.2 Å². The molecular weight excluding hydrogens is 454 g/mol. The highest BCUT2D eigenvalue weighted by Gasteiger charge is 2.29. The van der Waals surface area contributed by atoms with Crippen LogP contribution in [-0.4, -0.2) is 69.9 Å². The van der Waals surface area contributed by atoms with Gasteiger partial charge in [-0.3, -0.25) is 4.79 Å². The molecule has 0 fully saturated rings. The summed E-state index contributed by atoms with van der Waals surface area (Å²) in [7, 11) is 3.53. The highest BCUT2D eigenvalue weighted by molar-refractivity contribution is 5.95. The van der Waals surface area contributed by atoms with Crippen LogP contribution in [0.4, 0.5) is 4.79 Å². The molecule has 0 saturated carbocycles. The molecule has 0 bridgehead atoms. The van der Waals surface area contributed by atoms with Crippen LogP contribution in [0.5, 0.6) is 0 Å². The largest absolute Gasteiger partial charge is 0.359 e. The minimum absolute atomic E-state index is 0.00909. The summed E-state index contributed by atoms with van der Waals surface area (Å²) >= 11 is 0. The zero-order chi connectivity index (χ0) is 25.4. The molecule has 36 heavy (non-hydrogen) atoms. The van der Waals surface area contributed by atoms with Crippen molar-refractivity contribution in [2.45, 2.75) is 51.7 Å². The van der Waals surface area contributed by atoms with Crippen LogP contribution in [0.2, 0.25) is 0 Å². The van der Waals surface area contributed by atoms with E-state index >= 15 is 0 Å². The number of hydrogen-bond acceptors (Lipinski definition) is 5. The molecule has 190 valence electrons. The van der Waals surface area contributed by atoms with E-state index in [-0.39, 0.29) is 24.0 Å². The Morgan fingerprint density at radius 3 is 2.81 bits per heavy atom. The van der Waals surface area contributed by atoms with E-state index in [1.165, 1.54) is 5.57 Å². The number of fused-ring (bicyclic) bond motifs is 1. The highest BCUT2D eigenvalue weighted by Crippen LogP contribution is 2.30. The third-order valence-electron chi connectivity index (χ3n) is 7.41. The van der Waals surface area contributed by atoms with Gasteiger partial charge in [0.2, 0.25) is 5.91 Å². The van der Waals surface area contributed by atoms with Gasteiger partial charge < -0.3 is 25.0 Å². The zero-order valence-electron chi connectivity index (χ0n) is 21.5. The minimum atomic E-state index is -0.358. The Bertz CT molecular complexity index is 1220. The van der Waals surface area contributed by atoms with Crippen molar-refractivity contribution < 1.29 is 9.59 Å². The van der Waals surface area contributed by atoms with Gasteiger partial charge in [-0.2, -0.15) is 0 Å². The quantitative estimate of drug-likeness (QED) is 0.681. The zero-order valence-corrected chi connectivity index (χ0v) is 21.5. The van der Waals surface area contributed by atoms with E-state index in [4.69, 9.17) is 0 Å². The van der Waals surface area contributed by atoms with Crippen molar-refractivity contribution in [3.63, 3.8) is 0 Å². The maximum absolute atomic E-state index is 13.5. The number of urea groups is 1. The van der Waals surface area contributed by atoms with Gasteiger partial charge in [-0.25, -0.2) is 4.79 Å². The lowest BCUT2D eigenvalue weighted by atomic mass is 9.88. The fourth-order valence-corrected chi connectivity index (χ4v) is 5.32. The molecule has 4 heterocycles. The predicted molar refractivity (Wildman–Crippen MR) is 139 cm³/mol. The summed E-state index contributed by atoms with van der Waals surface area (Å²) in [5.41, 5.74) is 3.82. The molecule has 0 radical (unpaired) electrons. The summed E-state index contributed by atoms with van der Waals surface area (Å²) in [5.74, 6) is 1.77. The van der Waals surface area contributed by atoms with Crippen LogP contribution in [0.3, 0.4) is 0 Å². The Labute approximate surface area is 212 Å². The number of amides is 3. The van der Waals surface area contributed by atoms with Gasteiger partial charge in [0.25, 0.3) is 0 Å². The Balaban J connectivity index is 1.33. The van der Waals surface area contributed by atoms with E-state index in [0.717, 1.165) is 54.2 Å². The third-order valence-corrected chi connectivity index (χ3v) is 7.41. The third kappa shape index (κ3) is 4.62. The molecule has 3 atom stereocenters. The maximum atomic E-state index is 13.5. The van der Waals surface area contributed by atoms with Gasteiger partial charge in [0.05, 0.1) is 5.70 Å². The fraction of sp³-hybridized carbons (Fsp3) is 0.481. The lowest BCUT2D eigenvalue weighted by Gasteiger charge is -2.32. The first-order valence-corrected chi connectivity index (χ1v) is 12.8. The van der Waals surface area contributed by atoms with Gasteiger partial charge in [-0.15, -0.1) is 10.2 Å². The van der Waals surface area contributed by atoms with E-state index in [0.29, 0.717) is 19.1 Å². The summed E-state index contributed by atoms with van der Waals surface area (Å²) in [6.07, 6.45) is 15.4.